The largest absolute Gasteiger partial charge is 0.416 e. The summed E-state index contributed by atoms with van der Waals surface area (Å²) >= 11 is 0. The molecule has 8 nitrogen and oxygen atoms in total. The van der Waals surface area contributed by atoms with Gasteiger partial charge in [-0.3, -0.25) is 9.59 Å². The molecule has 0 spiro atoms. The molecule has 2 N–H and O–H groups in total. The summed E-state index contributed by atoms with van der Waals surface area (Å²) in [5, 5.41) is 5.41. The Morgan fingerprint density at radius 1 is 1.00 bits per heavy atom. The van der Waals surface area contributed by atoms with E-state index in [4.69, 9.17) is 0 Å². The van der Waals surface area contributed by atoms with E-state index in [0.717, 1.165) is 28.1 Å². The Morgan fingerprint density at radius 2 is 1.73 bits per heavy atom. The maximum absolute atomic E-state index is 13.4. The van der Waals surface area contributed by atoms with Crippen molar-refractivity contribution in [1.29, 1.82) is 0 Å². The SMILES string of the molecule is O=C(CC1CCCCN1S(=O)(=O)c1cccc(C(F)(F)F)c1)NC1N=C(c2ccccc2)c2ccccc2NC1=O. The highest BCUT2D eigenvalue weighted by atomic mass is 32.2. The van der Waals surface area contributed by atoms with E-state index < -0.39 is 50.7 Å². The first kappa shape index (κ1) is 28.5. The number of carbonyl (C=O) groups excluding carboxylic acids is 2. The molecule has 2 unspecified atom stereocenters. The molecule has 3 aromatic rings. The molecule has 0 bridgehead atoms. The third kappa shape index (κ3) is 6.18. The quantitative estimate of drug-likeness (QED) is 0.443. The number of anilines is 1. The van der Waals surface area contributed by atoms with Crippen molar-refractivity contribution in [3.05, 3.63) is 95.6 Å². The number of para-hydroxylation sites is 1. The molecule has 12 heteroatoms. The number of fused-ring (bicyclic) bond motifs is 1. The van der Waals surface area contributed by atoms with Crippen LogP contribution in [0.15, 0.2) is 88.8 Å². The van der Waals surface area contributed by atoms with Crippen LogP contribution < -0.4 is 10.6 Å². The van der Waals surface area contributed by atoms with E-state index in [1.54, 1.807) is 12.1 Å². The van der Waals surface area contributed by atoms with Gasteiger partial charge >= 0.3 is 6.18 Å². The van der Waals surface area contributed by atoms with Crippen molar-refractivity contribution >= 4 is 33.2 Å². The van der Waals surface area contributed by atoms with Gasteiger partial charge in [-0.15, -0.1) is 0 Å². The number of rotatable bonds is 6. The van der Waals surface area contributed by atoms with Crippen LogP contribution in [-0.4, -0.2) is 49.0 Å². The number of carbonyl (C=O) groups is 2. The second-order valence-corrected chi connectivity index (χ2v) is 11.7. The number of alkyl halides is 3. The average molecular weight is 585 g/mol. The minimum Gasteiger partial charge on any atom is -0.326 e. The van der Waals surface area contributed by atoms with Crippen LogP contribution in [0.1, 0.15) is 42.4 Å². The first-order valence-corrected chi connectivity index (χ1v) is 14.5. The van der Waals surface area contributed by atoms with Gasteiger partial charge in [-0.1, -0.05) is 61.0 Å². The molecule has 3 aromatic carbocycles. The number of hydrogen-bond acceptors (Lipinski definition) is 5. The van der Waals surface area contributed by atoms with Crippen LogP contribution in [0.2, 0.25) is 0 Å². The fourth-order valence-electron chi connectivity index (χ4n) is 5.07. The lowest BCUT2D eigenvalue weighted by Crippen LogP contribution is -2.48. The van der Waals surface area contributed by atoms with Gasteiger partial charge < -0.3 is 10.6 Å². The summed E-state index contributed by atoms with van der Waals surface area (Å²) in [7, 11) is -4.32. The molecular weight excluding hydrogens is 557 g/mol. The van der Waals surface area contributed by atoms with Crippen molar-refractivity contribution < 1.29 is 31.2 Å². The van der Waals surface area contributed by atoms with E-state index in [0.29, 0.717) is 42.3 Å². The van der Waals surface area contributed by atoms with Gasteiger partial charge in [0.2, 0.25) is 22.1 Å². The van der Waals surface area contributed by atoms with Gasteiger partial charge in [-0.25, -0.2) is 13.4 Å². The van der Waals surface area contributed by atoms with E-state index in [2.05, 4.69) is 15.6 Å². The van der Waals surface area contributed by atoms with Gasteiger partial charge in [-0.05, 0) is 37.1 Å². The summed E-state index contributed by atoms with van der Waals surface area (Å²) in [4.78, 5) is 30.4. The molecule has 1 fully saturated rings. The monoisotopic (exact) mass is 584 g/mol. The zero-order valence-corrected chi connectivity index (χ0v) is 22.6. The van der Waals surface area contributed by atoms with Gasteiger partial charge in [0, 0.05) is 30.1 Å². The standard InChI is InChI=1S/C29H27F3N4O4S/c30-29(31,32)20-11-8-13-22(17-20)41(39,40)36-16-7-6-12-21(36)18-25(37)34-27-28(38)33-24-15-5-4-14-23(24)26(35-27)19-9-2-1-3-10-19/h1-5,8-11,13-15,17,21,27H,6-7,12,16,18H2,(H,33,38)(H,34,37). The van der Waals surface area contributed by atoms with E-state index in [9.17, 15) is 31.2 Å². The zero-order chi connectivity index (χ0) is 29.2. The predicted molar refractivity (Wildman–Crippen MR) is 147 cm³/mol. The molecule has 5 rings (SSSR count). The summed E-state index contributed by atoms with van der Waals surface area (Å²) < 4.78 is 67.7. The highest BCUT2D eigenvalue weighted by Crippen LogP contribution is 2.33. The smallest absolute Gasteiger partial charge is 0.326 e. The molecule has 2 aliphatic rings. The van der Waals surface area contributed by atoms with Gasteiger partial charge in [0.05, 0.1) is 21.9 Å². The Hall–Kier alpha value is -4.03. The molecule has 41 heavy (non-hydrogen) atoms. The second-order valence-electron chi connectivity index (χ2n) is 9.84. The molecular formula is C29H27F3N4O4S. The Bertz CT molecular complexity index is 1590. The average Bonchev–Trinajstić information content (AvgIpc) is 3.09. The van der Waals surface area contributed by atoms with Crippen molar-refractivity contribution in [1.82, 2.24) is 9.62 Å². The van der Waals surface area contributed by atoms with E-state index in [-0.39, 0.29) is 13.0 Å². The third-order valence-corrected chi connectivity index (χ3v) is 9.00. The summed E-state index contributed by atoms with van der Waals surface area (Å²) in [5.74, 6) is -1.17. The molecule has 2 heterocycles. The Kier molecular flexibility index (Phi) is 7.96. The first-order valence-electron chi connectivity index (χ1n) is 13.1. The molecule has 214 valence electrons. The fourth-order valence-corrected chi connectivity index (χ4v) is 6.81. The fraction of sp³-hybridized carbons (Fsp3) is 0.276. The lowest BCUT2D eigenvalue weighted by atomic mass is 10.0. The number of nitrogens with zero attached hydrogens (tertiary/aromatic N) is 2. The topological polar surface area (TPSA) is 108 Å². The molecule has 1 saturated heterocycles. The van der Waals surface area contributed by atoms with Crippen LogP contribution in [0, 0.1) is 0 Å². The minimum atomic E-state index is -4.70. The van der Waals surface area contributed by atoms with Crippen molar-refractivity contribution in [2.75, 3.05) is 11.9 Å². The maximum atomic E-state index is 13.4. The number of nitrogens with one attached hydrogen (secondary N) is 2. The number of piperidine rings is 1. The predicted octanol–water partition coefficient (Wildman–Crippen LogP) is 4.57. The van der Waals surface area contributed by atoms with E-state index in [1.807, 2.05) is 42.5 Å². The number of benzene rings is 3. The van der Waals surface area contributed by atoms with E-state index >= 15 is 0 Å². The van der Waals surface area contributed by atoms with Crippen molar-refractivity contribution in [3.63, 3.8) is 0 Å². The number of aliphatic imine (C=N–C) groups is 1. The second kappa shape index (κ2) is 11.5. The minimum absolute atomic E-state index is 0.0616. The highest BCUT2D eigenvalue weighted by Gasteiger charge is 2.37. The molecule has 0 radical (unpaired) electrons. The zero-order valence-electron chi connectivity index (χ0n) is 21.8. The number of benzodiazepines with no additional fused rings is 1. The normalized spacial score (nSPS) is 19.9. The first-order chi connectivity index (χ1) is 19.5. The number of sulfonamides is 1. The van der Waals surface area contributed by atoms with Gasteiger partial charge in [-0.2, -0.15) is 17.5 Å². The van der Waals surface area contributed by atoms with Crippen LogP contribution in [0.5, 0.6) is 0 Å². The van der Waals surface area contributed by atoms with E-state index in [1.165, 1.54) is 0 Å². The van der Waals surface area contributed by atoms with Gasteiger partial charge in [0.25, 0.3) is 5.91 Å². The highest BCUT2D eigenvalue weighted by molar-refractivity contribution is 7.89. The number of halogens is 3. The van der Waals surface area contributed by atoms with Gasteiger partial charge in [0.1, 0.15) is 0 Å². The van der Waals surface area contributed by atoms with Crippen LogP contribution in [0.4, 0.5) is 18.9 Å². The summed E-state index contributed by atoms with van der Waals surface area (Å²) in [6, 6.07) is 19.1. The number of amides is 2. The molecule has 2 aliphatic heterocycles. The van der Waals surface area contributed by atoms with Crippen molar-refractivity contribution in [2.24, 2.45) is 4.99 Å². The summed E-state index contributed by atoms with van der Waals surface area (Å²) in [5.41, 5.74) is 1.37. The van der Waals surface area contributed by atoms with Crippen LogP contribution >= 0.6 is 0 Å². The van der Waals surface area contributed by atoms with Crippen LogP contribution in [0.25, 0.3) is 0 Å². The summed E-state index contributed by atoms with van der Waals surface area (Å²) in [6.45, 7) is 0.0616. The Morgan fingerprint density at radius 3 is 2.49 bits per heavy atom. The lowest BCUT2D eigenvalue weighted by molar-refractivity contribution is -0.137. The Labute approximate surface area is 235 Å². The molecule has 0 aliphatic carbocycles. The molecule has 0 saturated carbocycles. The van der Waals surface area contributed by atoms with Crippen molar-refractivity contribution in [2.45, 2.75) is 49.0 Å². The lowest BCUT2D eigenvalue weighted by Gasteiger charge is -2.34. The third-order valence-electron chi connectivity index (χ3n) is 7.05. The number of hydrogen-bond donors (Lipinski definition) is 2. The Balaban J connectivity index is 1.38. The van der Waals surface area contributed by atoms with Crippen LogP contribution in [-0.2, 0) is 25.8 Å². The summed E-state index contributed by atoms with van der Waals surface area (Å²) in [6.07, 6.45) is -4.79. The maximum Gasteiger partial charge on any atom is 0.416 e. The molecule has 2 amide bonds. The molecule has 2 atom stereocenters. The van der Waals surface area contributed by atoms with Crippen molar-refractivity contribution in [3.8, 4) is 0 Å². The van der Waals surface area contributed by atoms with Crippen LogP contribution in [0.3, 0.4) is 0 Å². The molecule has 0 aromatic heterocycles. The van der Waals surface area contributed by atoms with Gasteiger partial charge in [0.15, 0.2) is 0 Å².